The molecule has 0 amide bonds. The topological polar surface area (TPSA) is 117 Å². The lowest BCUT2D eigenvalue weighted by molar-refractivity contribution is -0.141. The minimum atomic E-state index is -3.50. The highest BCUT2D eigenvalue weighted by Crippen LogP contribution is 2.23. The molecule has 27 heavy (non-hydrogen) atoms. The monoisotopic (exact) mass is 387 g/mol. The summed E-state index contributed by atoms with van der Waals surface area (Å²) in [7, 11) is -3.50. The quantitative estimate of drug-likeness (QED) is 0.552. The van der Waals surface area contributed by atoms with Gasteiger partial charge in [0.05, 0.1) is 4.90 Å². The largest absolute Gasteiger partial charge is 0.480 e. The van der Waals surface area contributed by atoms with Crippen LogP contribution < -0.4 is 21.1 Å². The summed E-state index contributed by atoms with van der Waals surface area (Å²) in [6.07, 6.45) is 0.213. The number of benzene rings is 2. The van der Waals surface area contributed by atoms with E-state index in [2.05, 4.69) is 28.2 Å². The first kappa shape index (κ1) is 18.9. The predicted molar refractivity (Wildman–Crippen MR) is 97.2 cm³/mol. The van der Waals surface area contributed by atoms with Crippen LogP contribution >= 0.6 is 0 Å². The first-order valence-electron chi connectivity index (χ1n) is 7.91. The minimum absolute atomic E-state index is 0.0729. The zero-order chi connectivity index (χ0) is 19.4. The Bertz CT molecular complexity index is 1010. The second-order valence-corrected chi connectivity index (χ2v) is 7.80. The van der Waals surface area contributed by atoms with Crippen LogP contribution in [0.4, 0.5) is 0 Å². The van der Waals surface area contributed by atoms with Crippen LogP contribution in [0.3, 0.4) is 0 Å². The minimum Gasteiger partial charge on any atom is -0.480 e. The summed E-state index contributed by atoms with van der Waals surface area (Å²) in [5.74, 6) is 4.96. The van der Waals surface area contributed by atoms with Gasteiger partial charge in [0, 0.05) is 17.4 Å². The standard InChI is InChI=1S/C18H17N3O5S/c1-27(24,25)15-10-9-14(26-17-16(18(22)23)19-21-20-17)11-13(15)8-7-12-5-3-2-4-6-12/h2-6,9-11,16-17,19-21H,1H3,(H,22,23). The van der Waals surface area contributed by atoms with E-state index in [1.165, 1.54) is 18.2 Å². The van der Waals surface area contributed by atoms with Crippen LogP contribution in [0.15, 0.2) is 53.4 Å². The molecule has 3 rings (SSSR count). The maximum Gasteiger partial charge on any atom is 0.327 e. The lowest BCUT2D eigenvalue weighted by atomic mass is 10.1. The normalized spacial score (nSPS) is 19.1. The zero-order valence-corrected chi connectivity index (χ0v) is 15.1. The van der Waals surface area contributed by atoms with Crippen molar-refractivity contribution in [2.24, 2.45) is 0 Å². The molecule has 4 N–H and O–H groups in total. The molecule has 140 valence electrons. The average molecular weight is 387 g/mol. The lowest BCUT2D eigenvalue weighted by Crippen LogP contribution is -2.44. The first-order valence-corrected chi connectivity index (χ1v) is 9.80. The van der Waals surface area contributed by atoms with E-state index < -0.39 is 28.1 Å². The Morgan fingerprint density at radius 2 is 1.85 bits per heavy atom. The van der Waals surface area contributed by atoms with Crippen molar-refractivity contribution < 1.29 is 23.1 Å². The number of hydrogen-bond acceptors (Lipinski definition) is 7. The predicted octanol–water partition coefficient (Wildman–Crippen LogP) is 0.260. The van der Waals surface area contributed by atoms with Crippen LogP contribution in [0.25, 0.3) is 0 Å². The number of carbonyl (C=O) groups is 1. The number of aliphatic carboxylic acids is 1. The van der Waals surface area contributed by atoms with Gasteiger partial charge >= 0.3 is 5.97 Å². The van der Waals surface area contributed by atoms with Gasteiger partial charge in [0.2, 0.25) is 0 Å². The lowest BCUT2D eigenvalue weighted by Gasteiger charge is -2.17. The highest BCUT2D eigenvalue weighted by Gasteiger charge is 2.34. The third-order valence-electron chi connectivity index (χ3n) is 3.74. The number of hydrazine groups is 2. The second kappa shape index (κ2) is 7.77. The summed E-state index contributed by atoms with van der Waals surface area (Å²) in [6.45, 7) is 0. The molecule has 0 spiro atoms. The number of carboxylic acid groups (broad SMARTS) is 1. The fraction of sp³-hybridized carbons (Fsp3) is 0.167. The molecule has 0 bridgehead atoms. The summed E-state index contributed by atoms with van der Waals surface area (Å²) in [4.78, 5) is 11.3. The molecule has 8 nitrogen and oxygen atoms in total. The van der Waals surface area contributed by atoms with Gasteiger partial charge in [-0.05, 0) is 30.3 Å². The summed E-state index contributed by atoms with van der Waals surface area (Å²) in [5, 5.41) is 9.15. The average Bonchev–Trinajstić information content (AvgIpc) is 3.08. The van der Waals surface area contributed by atoms with Crippen LogP contribution in [0.5, 0.6) is 5.75 Å². The van der Waals surface area contributed by atoms with Gasteiger partial charge in [0.15, 0.2) is 22.1 Å². The molecule has 2 atom stereocenters. The molecule has 1 heterocycles. The van der Waals surface area contributed by atoms with Crippen molar-refractivity contribution in [2.45, 2.75) is 17.2 Å². The van der Waals surface area contributed by atoms with Gasteiger partial charge in [-0.2, -0.15) is 5.53 Å². The Morgan fingerprint density at radius 1 is 1.11 bits per heavy atom. The smallest absolute Gasteiger partial charge is 0.327 e. The van der Waals surface area contributed by atoms with Crippen molar-refractivity contribution in [2.75, 3.05) is 6.26 Å². The van der Waals surface area contributed by atoms with Crippen LogP contribution in [0.2, 0.25) is 0 Å². The van der Waals surface area contributed by atoms with Gasteiger partial charge in [-0.1, -0.05) is 30.0 Å². The van der Waals surface area contributed by atoms with Gasteiger partial charge in [0.1, 0.15) is 5.75 Å². The van der Waals surface area contributed by atoms with Crippen molar-refractivity contribution in [3.05, 3.63) is 59.7 Å². The molecule has 0 aromatic heterocycles. The Morgan fingerprint density at radius 3 is 2.52 bits per heavy atom. The molecular weight excluding hydrogens is 370 g/mol. The summed E-state index contributed by atoms with van der Waals surface area (Å²) < 4.78 is 29.7. The summed E-state index contributed by atoms with van der Waals surface area (Å²) >= 11 is 0. The van der Waals surface area contributed by atoms with Crippen LogP contribution in [-0.2, 0) is 14.6 Å². The maximum absolute atomic E-state index is 12.0. The molecule has 1 fully saturated rings. The molecule has 2 aromatic carbocycles. The van der Waals surface area contributed by atoms with E-state index >= 15 is 0 Å². The molecule has 0 aliphatic carbocycles. The van der Waals surface area contributed by atoms with E-state index in [4.69, 9.17) is 9.84 Å². The van der Waals surface area contributed by atoms with Crippen LogP contribution in [0.1, 0.15) is 11.1 Å². The number of nitrogens with one attached hydrogen (secondary N) is 3. The Balaban J connectivity index is 1.94. The zero-order valence-electron chi connectivity index (χ0n) is 14.3. The number of sulfone groups is 1. The molecule has 1 aliphatic heterocycles. The molecule has 2 aromatic rings. The van der Waals surface area contributed by atoms with Crippen molar-refractivity contribution in [3.8, 4) is 17.6 Å². The first-order chi connectivity index (χ1) is 12.8. The highest BCUT2D eigenvalue weighted by molar-refractivity contribution is 7.90. The summed E-state index contributed by atoms with van der Waals surface area (Å²) in [5.41, 5.74) is 8.65. The van der Waals surface area contributed by atoms with Crippen LogP contribution in [-0.4, -0.2) is 38.0 Å². The van der Waals surface area contributed by atoms with E-state index in [-0.39, 0.29) is 16.2 Å². The SMILES string of the molecule is CS(=O)(=O)c1ccc(OC2NNNC2C(=O)O)cc1C#Cc1ccccc1. The van der Waals surface area contributed by atoms with Gasteiger partial charge in [0.25, 0.3) is 0 Å². The van der Waals surface area contributed by atoms with Gasteiger partial charge in [-0.25, -0.2) is 19.3 Å². The molecule has 1 aliphatic rings. The van der Waals surface area contributed by atoms with E-state index in [1.54, 1.807) is 0 Å². The Hall–Kier alpha value is -2.90. The number of ether oxygens (including phenoxy) is 1. The fourth-order valence-corrected chi connectivity index (χ4v) is 3.27. The van der Waals surface area contributed by atoms with Crippen molar-refractivity contribution in [1.29, 1.82) is 0 Å². The van der Waals surface area contributed by atoms with Gasteiger partial charge in [-0.15, -0.1) is 0 Å². The molecule has 9 heteroatoms. The van der Waals surface area contributed by atoms with Gasteiger partial charge in [-0.3, -0.25) is 4.79 Å². The van der Waals surface area contributed by atoms with E-state index in [9.17, 15) is 13.2 Å². The molecule has 1 saturated heterocycles. The van der Waals surface area contributed by atoms with Crippen LogP contribution in [0, 0.1) is 11.8 Å². The Labute approximate surface area is 156 Å². The summed E-state index contributed by atoms with van der Waals surface area (Å²) in [6, 6.07) is 12.5. The van der Waals surface area contributed by atoms with E-state index in [0.29, 0.717) is 0 Å². The third-order valence-corrected chi connectivity index (χ3v) is 4.89. The van der Waals surface area contributed by atoms with E-state index in [0.717, 1.165) is 11.8 Å². The second-order valence-electron chi connectivity index (χ2n) is 5.81. The number of rotatable bonds is 4. The van der Waals surface area contributed by atoms with Crippen molar-refractivity contribution in [3.63, 3.8) is 0 Å². The number of carboxylic acids is 1. The molecule has 2 unspecified atom stereocenters. The fourth-order valence-electron chi connectivity index (χ4n) is 2.45. The molecular formula is C18H17N3O5S. The Kier molecular flexibility index (Phi) is 5.43. The molecule has 0 radical (unpaired) electrons. The van der Waals surface area contributed by atoms with Crippen molar-refractivity contribution in [1.82, 2.24) is 16.4 Å². The molecule has 0 saturated carbocycles. The highest BCUT2D eigenvalue weighted by atomic mass is 32.2. The van der Waals surface area contributed by atoms with Gasteiger partial charge < -0.3 is 9.84 Å². The van der Waals surface area contributed by atoms with Crippen molar-refractivity contribution >= 4 is 15.8 Å². The maximum atomic E-state index is 12.0. The third kappa shape index (κ3) is 4.64. The van der Waals surface area contributed by atoms with E-state index in [1.807, 2.05) is 30.3 Å². The number of hydrogen-bond donors (Lipinski definition) is 4.